The number of aliphatic carboxylic acids is 1. The number of sulfonamides is 1. The second kappa shape index (κ2) is 4.46. The lowest BCUT2D eigenvalue weighted by Gasteiger charge is -2.36. The first kappa shape index (κ1) is 12.4. The van der Waals surface area contributed by atoms with Crippen molar-refractivity contribution in [3.63, 3.8) is 0 Å². The molecule has 0 spiro atoms. The molecule has 0 bridgehead atoms. The Labute approximate surface area is 89.5 Å². The van der Waals surface area contributed by atoms with Gasteiger partial charge in [0.15, 0.2) is 5.75 Å². The minimum Gasteiger partial charge on any atom is -0.480 e. The molecule has 1 atom stereocenters. The summed E-state index contributed by atoms with van der Waals surface area (Å²) in [7, 11) is -1.73. The quantitative estimate of drug-likeness (QED) is 0.682. The number of hydrogen-bond donors (Lipinski definition) is 1. The third-order valence-corrected chi connectivity index (χ3v) is 4.30. The highest BCUT2D eigenvalue weighted by molar-refractivity contribution is 7.89. The predicted molar refractivity (Wildman–Crippen MR) is 55.1 cm³/mol. The number of hydrogen-bond acceptors (Lipinski definition) is 4. The van der Waals surface area contributed by atoms with Crippen molar-refractivity contribution in [2.75, 3.05) is 32.4 Å². The summed E-state index contributed by atoms with van der Waals surface area (Å²) in [5, 5.41) is 8.50. The molecule has 6 nitrogen and oxygen atoms in total. The molecular weight excluding hydrogens is 220 g/mol. The van der Waals surface area contributed by atoms with Crippen LogP contribution in [0.3, 0.4) is 0 Å². The van der Waals surface area contributed by atoms with Crippen LogP contribution < -0.4 is 0 Å². The lowest BCUT2D eigenvalue weighted by Crippen LogP contribution is -2.53. The molecule has 1 aliphatic rings. The van der Waals surface area contributed by atoms with E-state index in [1.54, 1.807) is 6.92 Å². The first-order valence-electron chi connectivity index (χ1n) is 4.73. The molecule has 0 radical (unpaired) electrons. The molecule has 1 unspecified atom stereocenters. The molecular formula is C8H16N2O4S. The average molecular weight is 236 g/mol. The van der Waals surface area contributed by atoms with Gasteiger partial charge in [0.1, 0.15) is 0 Å². The van der Waals surface area contributed by atoms with Gasteiger partial charge in [-0.3, -0.25) is 4.79 Å². The highest BCUT2D eigenvalue weighted by Gasteiger charge is 2.32. The van der Waals surface area contributed by atoms with Crippen molar-refractivity contribution in [3.05, 3.63) is 0 Å². The van der Waals surface area contributed by atoms with Crippen LogP contribution >= 0.6 is 0 Å². The van der Waals surface area contributed by atoms with E-state index >= 15 is 0 Å². The molecule has 1 fully saturated rings. The summed E-state index contributed by atoms with van der Waals surface area (Å²) in [4.78, 5) is 12.4. The first-order valence-corrected chi connectivity index (χ1v) is 6.33. The Morgan fingerprint density at radius 1 is 1.47 bits per heavy atom. The van der Waals surface area contributed by atoms with Gasteiger partial charge in [0, 0.05) is 25.7 Å². The highest BCUT2D eigenvalue weighted by Crippen LogP contribution is 2.13. The number of nitrogens with zero attached hydrogens (tertiary/aromatic N) is 2. The molecule has 1 heterocycles. The average Bonchev–Trinajstić information content (AvgIpc) is 1.99. The van der Waals surface area contributed by atoms with E-state index in [0.717, 1.165) is 0 Å². The number of carboxylic acid groups (broad SMARTS) is 1. The molecule has 0 aromatic rings. The third-order valence-electron chi connectivity index (χ3n) is 2.43. The maximum absolute atomic E-state index is 11.6. The smallest absolute Gasteiger partial charge is 0.320 e. The highest BCUT2D eigenvalue weighted by atomic mass is 32.2. The number of carboxylic acids is 1. The Hall–Kier alpha value is -0.660. The number of carbonyl (C=O) groups is 1. The summed E-state index contributed by atoms with van der Waals surface area (Å²) in [6, 6.07) is -0.159. The fourth-order valence-electron chi connectivity index (χ4n) is 1.78. The molecule has 0 aromatic carbocycles. The third kappa shape index (κ3) is 3.15. The molecule has 0 aromatic heterocycles. The van der Waals surface area contributed by atoms with E-state index in [1.165, 1.54) is 4.31 Å². The first-order chi connectivity index (χ1) is 6.83. The molecule has 7 heteroatoms. The fourth-order valence-corrected chi connectivity index (χ4v) is 3.23. The minimum atomic E-state index is -3.65. The zero-order valence-corrected chi connectivity index (χ0v) is 9.70. The van der Waals surface area contributed by atoms with E-state index < -0.39 is 21.7 Å². The Balaban J connectivity index is 2.75. The Kier molecular flexibility index (Phi) is 3.69. The summed E-state index contributed by atoms with van der Waals surface area (Å²) in [5.41, 5.74) is 0. The van der Waals surface area contributed by atoms with Gasteiger partial charge in [0.25, 0.3) is 0 Å². The maximum Gasteiger partial charge on any atom is 0.320 e. The van der Waals surface area contributed by atoms with E-state index in [9.17, 15) is 13.2 Å². The second-order valence-electron chi connectivity index (χ2n) is 3.87. The normalized spacial score (nSPS) is 25.3. The molecule has 88 valence electrons. The van der Waals surface area contributed by atoms with E-state index in [0.29, 0.717) is 19.6 Å². The van der Waals surface area contributed by atoms with Crippen LogP contribution in [0.1, 0.15) is 6.92 Å². The Morgan fingerprint density at radius 3 is 2.53 bits per heavy atom. The Morgan fingerprint density at radius 2 is 2.07 bits per heavy atom. The number of piperazine rings is 1. The molecule has 0 aliphatic carbocycles. The van der Waals surface area contributed by atoms with E-state index in [2.05, 4.69) is 0 Å². The topological polar surface area (TPSA) is 77.9 Å². The summed E-state index contributed by atoms with van der Waals surface area (Å²) in [5.74, 6) is -2.12. The van der Waals surface area contributed by atoms with Crippen molar-refractivity contribution in [1.29, 1.82) is 0 Å². The van der Waals surface area contributed by atoms with Gasteiger partial charge in [0.2, 0.25) is 10.0 Å². The van der Waals surface area contributed by atoms with Crippen LogP contribution in [0, 0.1) is 0 Å². The van der Waals surface area contributed by atoms with Crippen LogP contribution in [0.25, 0.3) is 0 Å². The number of rotatable bonds is 3. The SMILES string of the molecule is CC1CN(C)CCN1S(=O)(=O)CC(=O)O. The largest absolute Gasteiger partial charge is 0.480 e. The zero-order valence-electron chi connectivity index (χ0n) is 8.88. The molecule has 1 aliphatic heterocycles. The zero-order chi connectivity index (χ0) is 11.6. The van der Waals surface area contributed by atoms with Gasteiger partial charge in [-0.15, -0.1) is 0 Å². The summed E-state index contributed by atoms with van der Waals surface area (Å²) >= 11 is 0. The lowest BCUT2D eigenvalue weighted by molar-refractivity contribution is -0.134. The van der Waals surface area contributed by atoms with Gasteiger partial charge in [0.05, 0.1) is 0 Å². The van der Waals surface area contributed by atoms with Gasteiger partial charge >= 0.3 is 5.97 Å². The fraction of sp³-hybridized carbons (Fsp3) is 0.875. The van der Waals surface area contributed by atoms with Crippen LogP contribution in [-0.4, -0.2) is 67.2 Å². The van der Waals surface area contributed by atoms with Crippen LogP contribution in [0.5, 0.6) is 0 Å². The molecule has 1 saturated heterocycles. The van der Waals surface area contributed by atoms with E-state index in [4.69, 9.17) is 5.11 Å². The van der Waals surface area contributed by atoms with Crippen molar-refractivity contribution in [2.45, 2.75) is 13.0 Å². The summed E-state index contributed by atoms with van der Waals surface area (Å²) in [6.07, 6.45) is 0. The second-order valence-corrected chi connectivity index (χ2v) is 5.79. The van der Waals surface area contributed by atoms with E-state index in [1.807, 2.05) is 11.9 Å². The van der Waals surface area contributed by atoms with Crippen LogP contribution in [0.4, 0.5) is 0 Å². The predicted octanol–water partition coefficient (Wildman–Crippen LogP) is -0.963. The van der Waals surface area contributed by atoms with Crippen molar-refractivity contribution in [2.24, 2.45) is 0 Å². The van der Waals surface area contributed by atoms with Crippen LogP contribution in [0.15, 0.2) is 0 Å². The van der Waals surface area contributed by atoms with Gasteiger partial charge in [-0.2, -0.15) is 4.31 Å². The standard InChI is InChI=1S/C8H16N2O4S/c1-7-5-9(2)3-4-10(7)15(13,14)6-8(11)12/h7H,3-6H2,1-2H3,(H,11,12). The van der Waals surface area contributed by atoms with E-state index in [-0.39, 0.29) is 6.04 Å². The lowest BCUT2D eigenvalue weighted by atomic mass is 10.2. The van der Waals surface area contributed by atoms with Crippen LogP contribution in [0.2, 0.25) is 0 Å². The molecule has 1 rings (SSSR count). The monoisotopic (exact) mass is 236 g/mol. The van der Waals surface area contributed by atoms with Gasteiger partial charge in [-0.1, -0.05) is 0 Å². The van der Waals surface area contributed by atoms with Crippen molar-refractivity contribution in [3.8, 4) is 0 Å². The summed E-state index contributed by atoms with van der Waals surface area (Å²) < 4.78 is 24.6. The molecule has 0 amide bonds. The van der Waals surface area contributed by atoms with Crippen molar-refractivity contribution >= 4 is 16.0 Å². The van der Waals surface area contributed by atoms with Crippen molar-refractivity contribution < 1.29 is 18.3 Å². The van der Waals surface area contributed by atoms with Gasteiger partial charge < -0.3 is 10.0 Å². The Bertz CT molecular complexity index is 341. The van der Waals surface area contributed by atoms with Gasteiger partial charge in [-0.25, -0.2) is 8.42 Å². The molecule has 1 N–H and O–H groups in total. The molecule has 0 saturated carbocycles. The van der Waals surface area contributed by atoms with Crippen molar-refractivity contribution in [1.82, 2.24) is 9.21 Å². The number of likely N-dealkylation sites (N-methyl/N-ethyl adjacent to an activating group) is 1. The maximum atomic E-state index is 11.6. The van der Waals surface area contributed by atoms with Crippen LogP contribution in [-0.2, 0) is 14.8 Å². The molecule has 15 heavy (non-hydrogen) atoms. The summed E-state index contributed by atoms with van der Waals surface area (Å²) in [6.45, 7) is 3.43. The van der Waals surface area contributed by atoms with Gasteiger partial charge in [-0.05, 0) is 14.0 Å². The minimum absolute atomic E-state index is 0.159.